The number of anilines is 1. The molecule has 1 N–H and O–H groups in total. The Balaban J connectivity index is 1.55. The lowest BCUT2D eigenvalue weighted by molar-refractivity contribution is -0.117. The van der Waals surface area contributed by atoms with Gasteiger partial charge in [0.15, 0.2) is 12.2 Å². The number of ether oxygens (including phenoxy) is 1. The fourth-order valence-corrected chi connectivity index (χ4v) is 4.33. The van der Waals surface area contributed by atoms with Crippen molar-refractivity contribution in [1.29, 1.82) is 0 Å². The number of aliphatic hydroxyl groups is 1. The van der Waals surface area contributed by atoms with E-state index in [1.54, 1.807) is 38.0 Å². The van der Waals surface area contributed by atoms with Crippen molar-refractivity contribution in [2.24, 2.45) is 0 Å². The predicted molar refractivity (Wildman–Crippen MR) is 137 cm³/mol. The van der Waals surface area contributed by atoms with Gasteiger partial charge in [-0.05, 0) is 54.8 Å². The lowest BCUT2D eigenvalue weighted by Crippen LogP contribution is -2.30. The maximum atomic E-state index is 13.6. The second kappa shape index (κ2) is 9.47. The van der Waals surface area contributed by atoms with Gasteiger partial charge in [0.05, 0.1) is 50.3 Å². The molecule has 4 aromatic rings. The van der Waals surface area contributed by atoms with Gasteiger partial charge in [-0.15, -0.1) is 0 Å². The van der Waals surface area contributed by atoms with E-state index in [9.17, 15) is 9.90 Å². The third-order valence-corrected chi connectivity index (χ3v) is 6.06. The fraction of sp³-hybridized carbons (Fsp3) is 0.250. The average Bonchev–Trinajstić information content (AvgIpc) is 3.52. The standard InChI is InChI=1S/C28H28N4O4/c1-28(2,34)17-31-16-23(13-30-31)20-6-7-21-10-22(26-14-29-18-36-26)12-27(33)32(25(21)11-20)15-19-4-8-24(35-3)9-5-19/h4-11,13-14,16,18,34H,12,15,17H2,1-3H3. The number of nitrogens with zero attached hydrogens (tertiary/aromatic N) is 4. The third kappa shape index (κ3) is 5.08. The Kier molecular flexibility index (Phi) is 6.20. The van der Waals surface area contributed by atoms with Crippen LogP contribution in [0.4, 0.5) is 5.69 Å². The first kappa shape index (κ1) is 23.6. The molecule has 0 atom stereocenters. The molecule has 0 bridgehead atoms. The maximum absolute atomic E-state index is 13.6. The second-order valence-corrected chi connectivity index (χ2v) is 9.55. The number of aromatic nitrogens is 3. The van der Waals surface area contributed by atoms with Crippen molar-refractivity contribution in [2.45, 2.75) is 39.0 Å². The molecule has 0 radical (unpaired) electrons. The van der Waals surface area contributed by atoms with Crippen LogP contribution in [0.25, 0.3) is 22.8 Å². The predicted octanol–water partition coefficient (Wildman–Crippen LogP) is 4.80. The van der Waals surface area contributed by atoms with E-state index < -0.39 is 5.60 Å². The van der Waals surface area contributed by atoms with E-state index in [0.717, 1.165) is 39.3 Å². The minimum atomic E-state index is -0.874. The van der Waals surface area contributed by atoms with Crippen LogP contribution in [-0.2, 0) is 17.9 Å². The molecule has 8 nitrogen and oxygen atoms in total. The highest BCUT2D eigenvalue weighted by Crippen LogP contribution is 2.36. The van der Waals surface area contributed by atoms with E-state index in [0.29, 0.717) is 18.8 Å². The summed E-state index contributed by atoms with van der Waals surface area (Å²) in [6, 6.07) is 13.8. The van der Waals surface area contributed by atoms with Crippen LogP contribution < -0.4 is 9.64 Å². The van der Waals surface area contributed by atoms with Gasteiger partial charge in [0, 0.05) is 17.3 Å². The zero-order chi connectivity index (χ0) is 25.3. The van der Waals surface area contributed by atoms with Crippen molar-refractivity contribution in [3.8, 4) is 16.9 Å². The summed E-state index contributed by atoms with van der Waals surface area (Å²) in [4.78, 5) is 19.4. The molecular weight excluding hydrogens is 456 g/mol. The Hall–Kier alpha value is -4.17. The molecule has 8 heteroatoms. The highest BCUT2D eigenvalue weighted by Gasteiger charge is 2.26. The normalized spacial score (nSPS) is 13.8. The molecule has 0 spiro atoms. The number of hydrogen-bond donors (Lipinski definition) is 1. The van der Waals surface area contributed by atoms with Crippen LogP contribution in [0.15, 0.2) is 71.9 Å². The molecule has 2 aromatic heterocycles. The van der Waals surface area contributed by atoms with Gasteiger partial charge in [0.25, 0.3) is 0 Å². The first-order valence-electron chi connectivity index (χ1n) is 11.7. The highest BCUT2D eigenvalue weighted by molar-refractivity contribution is 6.07. The first-order chi connectivity index (χ1) is 17.3. The summed E-state index contributed by atoms with van der Waals surface area (Å²) >= 11 is 0. The number of benzene rings is 2. The van der Waals surface area contributed by atoms with Crippen molar-refractivity contribution in [2.75, 3.05) is 12.0 Å². The Morgan fingerprint density at radius 1 is 1.11 bits per heavy atom. The number of carbonyl (C=O) groups is 1. The van der Waals surface area contributed by atoms with Gasteiger partial charge in [0.1, 0.15) is 5.75 Å². The van der Waals surface area contributed by atoms with Crippen LogP contribution in [0.2, 0.25) is 0 Å². The van der Waals surface area contributed by atoms with Crippen molar-refractivity contribution in [3.63, 3.8) is 0 Å². The summed E-state index contributed by atoms with van der Waals surface area (Å²) in [5.41, 5.74) is 4.44. The van der Waals surface area contributed by atoms with Gasteiger partial charge in [-0.2, -0.15) is 5.10 Å². The third-order valence-electron chi connectivity index (χ3n) is 6.06. The Labute approximate surface area is 209 Å². The number of fused-ring (bicyclic) bond motifs is 1. The number of amides is 1. The van der Waals surface area contributed by atoms with E-state index >= 15 is 0 Å². The SMILES string of the molecule is COc1ccc(CN2C(=O)CC(c3cnco3)=Cc3ccc(-c4cnn(CC(C)(C)O)c4)cc32)cc1. The summed E-state index contributed by atoms with van der Waals surface area (Å²) in [6.07, 6.45) is 8.86. The smallest absolute Gasteiger partial charge is 0.231 e. The molecule has 2 aromatic carbocycles. The number of hydrogen-bond acceptors (Lipinski definition) is 6. The fourth-order valence-electron chi connectivity index (χ4n) is 4.33. The minimum absolute atomic E-state index is 0.0397. The van der Waals surface area contributed by atoms with E-state index in [2.05, 4.69) is 10.1 Å². The van der Waals surface area contributed by atoms with Gasteiger partial charge in [0.2, 0.25) is 5.91 Å². The average molecular weight is 485 g/mol. The van der Waals surface area contributed by atoms with Crippen LogP contribution in [-0.4, -0.2) is 38.5 Å². The minimum Gasteiger partial charge on any atom is -0.497 e. The van der Waals surface area contributed by atoms with Gasteiger partial charge < -0.3 is 19.2 Å². The summed E-state index contributed by atoms with van der Waals surface area (Å²) in [5, 5.41) is 14.6. The van der Waals surface area contributed by atoms with Crippen LogP contribution in [0, 0.1) is 0 Å². The summed E-state index contributed by atoms with van der Waals surface area (Å²) in [5.74, 6) is 1.31. The molecule has 0 saturated heterocycles. The molecule has 5 rings (SSSR count). The van der Waals surface area contributed by atoms with E-state index in [-0.39, 0.29) is 12.3 Å². The lowest BCUT2D eigenvalue weighted by atomic mass is 10.0. The molecule has 1 aliphatic rings. The topological polar surface area (TPSA) is 93.6 Å². The second-order valence-electron chi connectivity index (χ2n) is 9.55. The highest BCUT2D eigenvalue weighted by atomic mass is 16.5. The number of rotatable bonds is 7. The zero-order valence-corrected chi connectivity index (χ0v) is 20.5. The zero-order valence-electron chi connectivity index (χ0n) is 20.5. The molecule has 1 amide bonds. The van der Waals surface area contributed by atoms with Gasteiger partial charge in [-0.3, -0.25) is 9.48 Å². The van der Waals surface area contributed by atoms with Crippen molar-refractivity contribution >= 4 is 23.2 Å². The summed E-state index contributed by atoms with van der Waals surface area (Å²) in [6.45, 7) is 4.29. The summed E-state index contributed by atoms with van der Waals surface area (Å²) in [7, 11) is 1.63. The largest absolute Gasteiger partial charge is 0.497 e. The molecule has 0 unspecified atom stereocenters. The molecule has 3 heterocycles. The Morgan fingerprint density at radius 3 is 2.61 bits per heavy atom. The molecule has 1 aliphatic heterocycles. The molecule has 0 fully saturated rings. The Morgan fingerprint density at radius 2 is 1.92 bits per heavy atom. The van der Waals surface area contributed by atoms with Gasteiger partial charge in [-0.25, -0.2) is 4.98 Å². The maximum Gasteiger partial charge on any atom is 0.231 e. The van der Waals surface area contributed by atoms with Crippen LogP contribution in [0.1, 0.15) is 37.2 Å². The van der Waals surface area contributed by atoms with E-state index in [4.69, 9.17) is 9.15 Å². The number of methoxy groups -OCH3 is 1. The van der Waals surface area contributed by atoms with Crippen LogP contribution in [0.3, 0.4) is 0 Å². The van der Waals surface area contributed by atoms with E-state index in [1.165, 1.54) is 6.39 Å². The molecule has 0 aliphatic carbocycles. The van der Waals surface area contributed by atoms with Crippen LogP contribution >= 0.6 is 0 Å². The molecule has 184 valence electrons. The lowest BCUT2D eigenvalue weighted by Gasteiger charge is -2.24. The van der Waals surface area contributed by atoms with Gasteiger partial charge >= 0.3 is 0 Å². The van der Waals surface area contributed by atoms with E-state index in [1.807, 2.05) is 59.6 Å². The summed E-state index contributed by atoms with van der Waals surface area (Å²) < 4.78 is 12.5. The van der Waals surface area contributed by atoms with Crippen molar-refractivity contribution in [3.05, 3.63) is 84.3 Å². The first-order valence-corrected chi connectivity index (χ1v) is 11.7. The van der Waals surface area contributed by atoms with Crippen LogP contribution in [0.5, 0.6) is 5.75 Å². The number of oxazole rings is 1. The number of carbonyl (C=O) groups excluding carboxylic acids is 1. The monoisotopic (exact) mass is 484 g/mol. The quantitative estimate of drug-likeness (QED) is 0.405. The van der Waals surface area contributed by atoms with Gasteiger partial charge in [-0.1, -0.05) is 24.3 Å². The Bertz CT molecular complexity index is 1400. The molecule has 0 saturated carbocycles. The molecule has 36 heavy (non-hydrogen) atoms. The van der Waals surface area contributed by atoms with Crippen molar-refractivity contribution in [1.82, 2.24) is 14.8 Å². The molecular formula is C28H28N4O4. The van der Waals surface area contributed by atoms with Crippen molar-refractivity contribution < 1.29 is 19.1 Å².